The van der Waals surface area contributed by atoms with Gasteiger partial charge >= 0.3 is 5.97 Å². The Morgan fingerprint density at radius 2 is 2.23 bits per heavy atom. The highest BCUT2D eigenvalue weighted by molar-refractivity contribution is 5.73. The minimum Gasteiger partial charge on any atom is -0.469 e. The molecule has 0 saturated heterocycles. The van der Waals surface area contributed by atoms with Crippen molar-refractivity contribution in [3.05, 3.63) is 11.1 Å². The van der Waals surface area contributed by atoms with Gasteiger partial charge in [0.15, 0.2) is 0 Å². The maximum Gasteiger partial charge on any atom is 0.308 e. The van der Waals surface area contributed by atoms with Gasteiger partial charge in [-0.25, -0.2) is 0 Å². The third-order valence-corrected chi connectivity index (χ3v) is 2.87. The fraction of sp³-hybridized carbons (Fsp3) is 0.700. The average Bonchev–Trinajstić information content (AvgIpc) is 2.63. The molecule has 0 aromatic rings. The summed E-state index contributed by atoms with van der Waals surface area (Å²) in [5.74, 6) is 0.00361. The Morgan fingerprint density at radius 3 is 3.00 bits per heavy atom. The molecule has 2 rings (SSSR count). The topological polar surface area (TPSA) is 35.5 Å². The van der Waals surface area contributed by atoms with Crippen LogP contribution in [0.2, 0.25) is 0 Å². The van der Waals surface area contributed by atoms with Crippen LogP contribution in [0.25, 0.3) is 0 Å². The molecular formula is C10H14O3. The highest BCUT2D eigenvalue weighted by Crippen LogP contribution is 2.33. The van der Waals surface area contributed by atoms with Crippen LogP contribution < -0.4 is 0 Å². The number of rotatable bonds is 1. The summed E-state index contributed by atoms with van der Waals surface area (Å²) in [6.45, 7) is 1.51. The molecule has 1 atom stereocenters. The van der Waals surface area contributed by atoms with Gasteiger partial charge in [-0.15, -0.1) is 0 Å². The van der Waals surface area contributed by atoms with Crippen molar-refractivity contribution >= 4 is 5.97 Å². The third kappa shape index (κ3) is 1.61. The lowest BCUT2D eigenvalue weighted by Gasteiger charge is -2.20. The molecule has 0 spiro atoms. The molecule has 0 radical (unpaired) electrons. The van der Waals surface area contributed by atoms with Crippen molar-refractivity contribution < 1.29 is 14.3 Å². The van der Waals surface area contributed by atoms with Crippen LogP contribution in [0.3, 0.4) is 0 Å². The number of esters is 1. The summed E-state index contributed by atoms with van der Waals surface area (Å²) >= 11 is 0. The number of ether oxygens (including phenoxy) is 2. The lowest BCUT2D eigenvalue weighted by atomic mass is 9.85. The van der Waals surface area contributed by atoms with Crippen molar-refractivity contribution in [2.45, 2.75) is 19.3 Å². The molecule has 0 bridgehead atoms. The van der Waals surface area contributed by atoms with E-state index in [4.69, 9.17) is 9.47 Å². The molecule has 0 aromatic heterocycles. The number of hydrogen-bond acceptors (Lipinski definition) is 3. The van der Waals surface area contributed by atoms with E-state index < -0.39 is 0 Å². The van der Waals surface area contributed by atoms with Crippen LogP contribution >= 0.6 is 0 Å². The molecule has 1 aliphatic heterocycles. The van der Waals surface area contributed by atoms with E-state index in [0.29, 0.717) is 0 Å². The Hall–Kier alpha value is -0.830. The summed E-state index contributed by atoms with van der Waals surface area (Å²) < 4.78 is 10.1. The lowest BCUT2D eigenvalue weighted by molar-refractivity contribution is -0.145. The zero-order valence-electron chi connectivity index (χ0n) is 7.84. The maximum absolute atomic E-state index is 11.3. The predicted octanol–water partition coefficient (Wildman–Crippen LogP) is 1.29. The van der Waals surface area contributed by atoms with Crippen LogP contribution in [0.5, 0.6) is 0 Å². The van der Waals surface area contributed by atoms with Gasteiger partial charge in [-0.3, -0.25) is 4.79 Å². The van der Waals surface area contributed by atoms with Gasteiger partial charge in [-0.05, 0) is 30.4 Å². The van der Waals surface area contributed by atoms with Gasteiger partial charge in [0, 0.05) is 0 Å². The van der Waals surface area contributed by atoms with E-state index in [1.807, 2.05) is 0 Å². The quantitative estimate of drug-likeness (QED) is 0.452. The van der Waals surface area contributed by atoms with Gasteiger partial charge in [0.2, 0.25) is 0 Å². The maximum atomic E-state index is 11.3. The fourth-order valence-corrected chi connectivity index (χ4v) is 2.07. The second kappa shape index (κ2) is 3.50. The number of hydrogen-bond donors (Lipinski definition) is 0. The Morgan fingerprint density at radius 1 is 1.46 bits per heavy atom. The van der Waals surface area contributed by atoms with Crippen LogP contribution in [0, 0.1) is 5.92 Å². The van der Waals surface area contributed by atoms with E-state index in [2.05, 4.69) is 0 Å². The molecule has 3 nitrogen and oxygen atoms in total. The Bertz CT molecular complexity index is 255. The second-order valence-corrected chi connectivity index (χ2v) is 3.66. The third-order valence-electron chi connectivity index (χ3n) is 2.87. The van der Waals surface area contributed by atoms with Crippen molar-refractivity contribution in [2.24, 2.45) is 5.92 Å². The van der Waals surface area contributed by atoms with Crippen LogP contribution in [0.1, 0.15) is 19.3 Å². The molecule has 13 heavy (non-hydrogen) atoms. The Balaban J connectivity index is 2.03. The molecule has 1 aliphatic carbocycles. The van der Waals surface area contributed by atoms with E-state index in [1.165, 1.54) is 18.3 Å². The van der Waals surface area contributed by atoms with Gasteiger partial charge in [0.1, 0.15) is 0 Å². The van der Waals surface area contributed by atoms with Gasteiger partial charge in [0.25, 0.3) is 0 Å². The minimum atomic E-state index is -0.0709. The van der Waals surface area contributed by atoms with Crippen molar-refractivity contribution in [3.8, 4) is 0 Å². The largest absolute Gasteiger partial charge is 0.469 e. The summed E-state index contributed by atoms with van der Waals surface area (Å²) in [6, 6.07) is 0. The molecule has 3 heteroatoms. The molecule has 0 N–H and O–H groups in total. The van der Waals surface area contributed by atoms with Gasteiger partial charge in [0.05, 0.1) is 26.2 Å². The van der Waals surface area contributed by atoms with Crippen LogP contribution in [-0.4, -0.2) is 26.3 Å². The standard InChI is InChI=1S/C10H14O3/c1-12-10(11)7-2-3-8-5-13-6-9(8)4-7/h7H,2-6H2,1H3. The van der Waals surface area contributed by atoms with Gasteiger partial charge in [-0.1, -0.05) is 0 Å². The highest BCUT2D eigenvalue weighted by atomic mass is 16.5. The fourth-order valence-electron chi connectivity index (χ4n) is 2.07. The molecule has 72 valence electrons. The summed E-state index contributed by atoms with van der Waals surface area (Å²) in [4.78, 5) is 11.3. The minimum absolute atomic E-state index is 0.0709. The van der Waals surface area contributed by atoms with Crippen molar-refractivity contribution in [3.63, 3.8) is 0 Å². The zero-order chi connectivity index (χ0) is 9.26. The monoisotopic (exact) mass is 182 g/mol. The van der Waals surface area contributed by atoms with E-state index in [-0.39, 0.29) is 11.9 Å². The molecule has 1 unspecified atom stereocenters. The van der Waals surface area contributed by atoms with E-state index in [1.54, 1.807) is 0 Å². The Kier molecular flexibility index (Phi) is 2.36. The summed E-state index contributed by atoms with van der Waals surface area (Å²) in [5.41, 5.74) is 2.75. The highest BCUT2D eigenvalue weighted by Gasteiger charge is 2.29. The van der Waals surface area contributed by atoms with Crippen LogP contribution in [-0.2, 0) is 14.3 Å². The first-order valence-corrected chi connectivity index (χ1v) is 4.66. The van der Waals surface area contributed by atoms with Crippen molar-refractivity contribution in [2.75, 3.05) is 20.3 Å². The summed E-state index contributed by atoms with van der Waals surface area (Å²) in [7, 11) is 1.46. The number of carbonyl (C=O) groups excluding carboxylic acids is 1. The van der Waals surface area contributed by atoms with Crippen LogP contribution in [0.15, 0.2) is 11.1 Å². The second-order valence-electron chi connectivity index (χ2n) is 3.66. The first-order chi connectivity index (χ1) is 6.31. The molecule has 2 aliphatic rings. The lowest BCUT2D eigenvalue weighted by Crippen LogP contribution is -2.20. The SMILES string of the molecule is COC(=O)C1CCC2=C(COC2)C1. The molecule has 0 aromatic carbocycles. The summed E-state index contributed by atoms with van der Waals surface area (Å²) in [6.07, 6.45) is 2.78. The molecule has 0 fully saturated rings. The van der Waals surface area contributed by atoms with Crippen molar-refractivity contribution in [1.29, 1.82) is 0 Å². The zero-order valence-corrected chi connectivity index (χ0v) is 7.84. The van der Waals surface area contributed by atoms with E-state index in [9.17, 15) is 4.79 Å². The predicted molar refractivity (Wildman–Crippen MR) is 47.2 cm³/mol. The normalized spacial score (nSPS) is 27.3. The van der Waals surface area contributed by atoms with Gasteiger partial charge < -0.3 is 9.47 Å². The van der Waals surface area contributed by atoms with Gasteiger partial charge in [-0.2, -0.15) is 0 Å². The molecule has 0 amide bonds. The molecule has 1 heterocycles. The Labute approximate surface area is 77.7 Å². The summed E-state index contributed by atoms with van der Waals surface area (Å²) in [5, 5.41) is 0. The van der Waals surface area contributed by atoms with Crippen molar-refractivity contribution in [1.82, 2.24) is 0 Å². The van der Waals surface area contributed by atoms with Crippen LogP contribution in [0.4, 0.5) is 0 Å². The molecule has 0 saturated carbocycles. The first kappa shape index (κ1) is 8.75. The molecular weight excluding hydrogens is 168 g/mol. The van der Waals surface area contributed by atoms with E-state index in [0.717, 1.165) is 32.5 Å². The first-order valence-electron chi connectivity index (χ1n) is 4.66. The number of methoxy groups -OCH3 is 1. The smallest absolute Gasteiger partial charge is 0.308 e. The number of carbonyl (C=O) groups is 1. The van der Waals surface area contributed by atoms with E-state index >= 15 is 0 Å². The average molecular weight is 182 g/mol.